The molecule has 0 bridgehead atoms. The molecule has 108 valence electrons. The first-order valence-corrected chi connectivity index (χ1v) is 6.94. The monoisotopic (exact) mass is 269 g/mol. The van der Waals surface area contributed by atoms with E-state index >= 15 is 0 Å². The highest BCUT2D eigenvalue weighted by Gasteiger charge is 2.54. The summed E-state index contributed by atoms with van der Waals surface area (Å²) in [5.74, 6) is -0.551. The van der Waals surface area contributed by atoms with Crippen molar-refractivity contribution >= 4 is 12.1 Å². The third-order valence-electron chi connectivity index (χ3n) is 3.91. The lowest BCUT2D eigenvalue weighted by Gasteiger charge is -2.40. The fourth-order valence-electron chi connectivity index (χ4n) is 2.94. The van der Waals surface area contributed by atoms with E-state index in [0.717, 1.165) is 25.7 Å². The number of hydrogen-bond donors (Lipinski definition) is 1. The molecule has 1 atom stereocenters. The van der Waals surface area contributed by atoms with E-state index in [1.165, 1.54) is 0 Å². The van der Waals surface area contributed by atoms with Crippen LogP contribution in [0.2, 0.25) is 0 Å². The minimum atomic E-state index is -0.744. The highest BCUT2D eigenvalue weighted by atomic mass is 16.6. The van der Waals surface area contributed by atoms with E-state index in [4.69, 9.17) is 9.84 Å². The van der Waals surface area contributed by atoms with E-state index in [-0.39, 0.29) is 24.0 Å². The Balaban J connectivity index is 1.98. The molecular weight excluding hydrogens is 246 g/mol. The Labute approximate surface area is 113 Å². The van der Waals surface area contributed by atoms with Gasteiger partial charge >= 0.3 is 12.1 Å². The van der Waals surface area contributed by atoms with Gasteiger partial charge in [-0.2, -0.15) is 0 Å². The molecule has 2 rings (SSSR count). The molecule has 1 N–H and O–H groups in total. The normalized spacial score (nSPS) is 25.2. The number of carboxylic acids is 1. The maximum atomic E-state index is 12.2. The fourth-order valence-corrected chi connectivity index (χ4v) is 2.94. The van der Waals surface area contributed by atoms with Crippen LogP contribution < -0.4 is 0 Å². The largest absolute Gasteiger partial charge is 0.481 e. The lowest BCUT2D eigenvalue weighted by molar-refractivity contribution is -0.138. The van der Waals surface area contributed by atoms with Crippen molar-refractivity contribution in [1.29, 1.82) is 0 Å². The summed E-state index contributed by atoms with van der Waals surface area (Å²) < 4.78 is 5.44. The summed E-state index contributed by atoms with van der Waals surface area (Å²) in [6.07, 6.45) is 3.47. The van der Waals surface area contributed by atoms with Gasteiger partial charge in [0, 0.05) is 18.5 Å². The molecule has 19 heavy (non-hydrogen) atoms. The molecule has 0 radical (unpaired) electrons. The zero-order valence-electron chi connectivity index (χ0n) is 11.9. The van der Waals surface area contributed by atoms with Gasteiger partial charge in [0.15, 0.2) is 0 Å². The van der Waals surface area contributed by atoms with Crippen LogP contribution in [0.4, 0.5) is 4.79 Å². The third kappa shape index (κ3) is 3.39. The van der Waals surface area contributed by atoms with Crippen LogP contribution in [0.25, 0.3) is 0 Å². The highest BCUT2D eigenvalue weighted by molar-refractivity contribution is 5.70. The number of aliphatic carboxylic acids is 1. The molecule has 1 aliphatic carbocycles. The van der Waals surface area contributed by atoms with Crippen LogP contribution >= 0.6 is 0 Å². The van der Waals surface area contributed by atoms with Gasteiger partial charge in [-0.1, -0.05) is 0 Å². The molecule has 0 aromatic rings. The van der Waals surface area contributed by atoms with Crippen molar-refractivity contribution in [3.05, 3.63) is 0 Å². The van der Waals surface area contributed by atoms with E-state index in [1.54, 1.807) is 0 Å². The number of carboxylic acid groups (broad SMARTS) is 1. The Morgan fingerprint density at radius 3 is 2.47 bits per heavy atom. The van der Waals surface area contributed by atoms with Crippen LogP contribution in [-0.4, -0.2) is 39.8 Å². The van der Waals surface area contributed by atoms with Gasteiger partial charge < -0.3 is 14.7 Å². The molecule has 2 fully saturated rings. The summed E-state index contributed by atoms with van der Waals surface area (Å²) in [6, 6.07) is 0. The van der Waals surface area contributed by atoms with Gasteiger partial charge in [-0.25, -0.2) is 4.79 Å². The zero-order chi connectivity index (χ0) is 14.3. The first kappa shape index (κ1) is 14.2. The second kappa shape index (κ2) is 4.69. The molecule has 1 amide bonds. The number of piperidine rings is 1. The van der Waals surface area contributed by atoms with Crippen molar-refractivity contribution in [2.75, 3.05) is 6.54 Å². The maximum absolute atomic E-state index is 12.2. The minimum absolute atomic E-state index is 0.110. The molecule has 1 aliphatic heterocycles. The Kier molecular flexibility index (Phi) is 3.49. The van der Waals surface area contributed by atoms with E-state index in [2.05, 4.69) is 0 Å². The van der Waals surface area contributed by atoms with Crippen LogP contribution in [0, 0.1) is 5.92 Å². The Hall–Kier alpha value is -1.26. The predicted octanol–water partition coefficient (Wildman–Crippen LogP) is 2.64. The molecule has 1 unspecified atom stereocenters. The number of ether oxygens (including phenoxy) is 1. The number of nitrogens with zero attached hydrogens (tertiary/aromatic N) is 1. The molecule has 5 heteroatoms. The Morgan fingerprint density at radius 2 is 2.00 bits per heavy atom. The minimum Gasteiger partial charge on any atom is -0.481 e. The smallest absolute Gasteiger partial charge is 0.410 e. The first-order chi connectivity index (χ1) is 8.72. The van der Waals surface area contributed by atoms with Crippen molar-refractivity contribution < 1.29 is 19.4 Å². The molecule has 1 heterocycles. The summed E-state index contributed by atoms with van der Waals surface area (Å²) in [7, 11) is 0. The average Bonchev–Trinajstić information content (AvgIpc) is 2.94. The number of amides is 1. The first-order valence-electron chi connectivity index (χ1n) is 6.94. The molecule has 0 aromatic heterocycles. The maximum Gasteiger partial charge on any atom is 0.410 e. The lowest BCUT2D eigenvalue weighted by Crippen LogP contribution is -2.50. The average molecular weight is 269 g/mol. The second-order valence-electron chi connectivity index (χ2n) is 6.81. The van der Waals surface area contributed by atoms with E-state index in [0.29, 0.717) is 6.54 Å². The van der Waals surface area contributed by atoms with Gasteiger partial charge in [0.1, 0.15) is 5.60 Å². The van der Waals surface area contributed by atoms with E-state index in [9.17, 15) is 9.59 Å². The van der Waals surface area contributed by atoms with Crippen molar-refractivity contribution in [1.82, 2.24) is 4.90 Å². The van der Waals surface area contributed by atoms with Crippen LogP contribution in [0.3, 0.4) is 0 Å². The van der Waals surface area contributed by atoms with Crippen molar-refractivity contribution in [3.63, 3.8) is 0 Å². The summed E-state index contributed by atoms with van der Waals surface area (Å²) in [6.45, 7) is 6.21. The zero-order valence-corrected chi connectivity index (χ0v) is 11.9. The molecule has 5 nitrogen and oxygen atoms in total. The topological polar surface area (TPSA) is 66.8 Å². The SMILES string of the molecule is CC(C)(C)OC(=O)N1CCC(CC(=O)O)CC12CC2. The van der Waals surface area contributed by atoms with Crippen LogP contribution in [0.15, 0.2) is 0 Å². The quantitative estimate of drug-likeness (QED) is 0.836. The second-order valence-corrected chi connectivity index (χ2v) is 6.81. The standard InChI is InChI=1S/C14H23NO4/c1-13(2,3)19-12(18)15-7-4-10(8-11(16)17)9-14(15)5-6-14/h10H,4-9H2,1-3H3,(H,16,17). The molecule has 1 saturated heterocycles. The summed E-state index contributed by atoms with van der Waals surface area (Å²) >= 11 is 0. The molecule has 0 aromatic carbocycles. The fraction of sp³-hybridized carbons (Fsp3) is 0.857. The van der Waals surface area contributed by atoms with Gasteiger partial charge in [-0.15, -0.1) is 0 Å². The van der Waals surface area contributed by atoms with E-state index < -0.39 is 11.6 Å². The predicted molar refractivity (Wildman–Crippen MR) is 69.9 cm³/mol. The van der Waals surface area contributed by atoms with Gasteiger partial charge in [0.25, 0.3) is 0 Å². The van der Waals surface area contributed by atoms with Crippen LogP contribution in [-0.2, 0) is 9.53 Å². The van der Waals surface area contributed by atoms with Crippen molar-refractivity contribution in [2.45, 2.75) is 64.0 Å². The molecule has 2 aliphatic rings. The number of rotatable bonds is 2. The molecular formula is C14H23NO4. The molecule has 1 spiro atoms. The molecule has 1 saturated carbocycles. The van der Waals surface area contributed by atoms with Crippen LogP contribution in [0.5, 0.6) is 0 Å². The van der Waals surface area contributed by atoms with E-state index in [1.807, 2.05) is 25.7 Å². The van der Waals surface area contributed by atoms with Gasteiger partial charge in [0.2, 0.25) is 0 Å². The number of carbonyl (C=O) groups is 2. The van der Waals surface area contributed by atoms with Crippen molar-refractivity contribution in [3.8, 4) is 0 Å². The lowest BCUT2D eigenvalue weighted by atomic mass is 9.87. The summed E-state index contributed by atoms with van der Waals surface area (Å²) in [5, 5.41) is 8.88. The number of hydrogen-bond acceptors (Lipinski definition) is 3. The highest BCUT2D eigenvalue weighted by Crippen LogP contribution is 2.51. The number of likely N-dealkylation sites (tertiary alicyclic amines) is 1. The van der Waals surface area contributed by atoms with Crippen molar-refractivity contribution in [2.24, 2.45) is 5.92 Å². The third-order valence-corrected chi connectivity index (χ3v) is 3.91. The Morgan fingerprint density at radius 1 is 1.37 bits per heavy atom. The summed E-state index contributed by atoms with van der Waals surface area (Å²) in [4.78, 5) is 24.8. The van der Waals surface area contributed by atoms with Gasteiger partial charge in [-0.3, -0.25) is 4.79 Å². The summed E-state index contributed by atoms with van der Waals surface area (Å²) in [5.41, 5.74) is -0.591. The number of carbonyl (C=O) groups excluding carboxylic acids is 1. The van der Waals surface area contributed by atoms with Gasteiger partial charge in [0.05, 0.1) is 0 Å². The van der Waals surface area contributed by atoms with Crippen LogP contribution in [0.1, 0.15) is 52.9 Å². The van der Waals surface area contributed by atoms with Gasteiger partial charge in [-0.05, 0) is 52.4 Å². The Bertz CT molecular complexity index is 381.